The van der Waals surface area contributed by atoms with Gasteiger partial charge in [0, 0.05) is 29.0 Å². The highest BCUT2D eigenvalue weighted by Crippen LogP contribution is 2.44. The minimum atomic E-state index is -4.42. The molecular formula is C30H29F3N4S. The van der Waals surface area contributed by atoms with Crippen molar-refractivity contribution in [2.75, 3.05) is 4.90 Å². The first-order valence-corrected chi connectivity index (χ1v) is 12.9. The zero-order chi connectivity index (χ0) is 27.2. The molecule has 2 atom stereocenters. The van der Waals surface area contributed by atoms with Crippen LogP contribution in [0.5, 0.6) is 0 Å². The standard InChI is InChI=1S/C30H29F3N4S/c1-18(2)21-11-13-23(14-12-21)37-28(27(35-29(37)38)26-10-5-6-15-34-26)25-16-19(3)36(20(25)4)24-9-7-8-22(17-24)30(31,32)33/h5-18,27-28H,1-4H3,(H,35,38)/t27-,28-/m0/s1. The Morgan fingerprint density at radius 2 is 1.66 bits per heavy atom. The van der Waals surface area contributed by atoms with Gasteiger partial charge in [-0.1, -0.05) is 38.1 Å². The van der Waals surface area contributed by atoms with Crippen LogP contribution in [0.3, 0.4) is 0 Å². The van der Waals surface area contributed by atoms with E-state index >= 15 is 0 Å². The highest BCUT2D eigenvalue weighted by molar-refractivity contribution is 7.80. The number of nitrogens with zero attached hydrogens (tertiary/aromatic N) is 3. The van der Waals surface area contributed by atoms with E-state index in [-0.39, 0.29) is 12.1 Å². The number of nitrogens with one attached hydrogen (secondary N) is 1. The van der Waals surface area contributed by atoms with Crippen molar-refractivity contribution in [1.29, 1.82) is 0 Å². The number of aryl methyl sites for hydroxylation is 1. The summed E-state index contributed by atoms with van der Waals surface area (Å²) in [5, 5.41) is 4.04. The van der Waals surface area contributed by atoms with E-state index in [0.29, 0.717) is 16.7 Å². The lowest BCUT2D eigenvalue weighted by Gasteiger charge is -2.28. The van der Waals surface area contributed by atoms with Crippen LogP contribution >= 0.6 is 12.2 Å². The summed E-state index contributed by atoms with van der Waals surface area (Å²) in [7, 11) is 0. The molecule has 196 valence electrons. The molecule has 0 spiro atoms. The van der Waals surface area contributed by atoms with Crippen LogP contribution < -0.4 is 10.2 Å². The number of anilines is 1. The minimum absolute atomic E-state index is 0.246. The van der Waals surface area contributed by atoms with Gasteiger partial charge in [-0.2, -0.15) is 13.2 Å². The molecule has 0 amide bonds. The van der Waals surface area contributed by atoms with Crippen molar-refractivity contribution in [2.45, 2.75) is 51.9 Å². The molecule has 38 heavy (non-hydrogen) atoms. The Bertz CT molecular complexity index is 1460. The van der Waals surface area contributed by atoms with Crippen LogP contribution in [-0.2, 0) is 6.18 Å². The highest BCUT2D eigenvalue weighted by atomic mass is 32.1. The van der Waals surface area contributed by atoms with Crippen LogP contribution in [0.15, 0.2) is 79.0 Å². The first-order chi connectivity index (χ1) is 18.1. The SMILES string of the molecule is Cc1cc([C@H]2[C@H](c3ccccn3)NC(=S)N2c2ccc(C(C)C)cc2)c(C)n1-c1cccc(C(F)(F)F)c1. The second kappa shape index (κ2) is 9.91. The molecule has 3 heterocycles. The zero-order valence-electron chi connectivity index (χ0n) is 21.6. The van der Waals surface area contributed by atoms with E-state index in [4.69, 9.17) is 12.2 Å². The molecule has 0 aliphatic carbocycles. The quantitative estimate of drug-likeness (QED) is 0.265. The maximum Gasteiger partial charge on any atom is 0.416 e. The number of hydrogen-bond donors (Lipinski definition) is 1. The molecule has 0 bridgehead atoms. The van der Waals surface area contributed by atoms with Crippen LogP contribution in [0, 0.1) is 13.8 Å². The number of pyridine rings is 1. The van der Waals surface area contributed by atoms with E-state index in [0.717, 1.165) is 34.4 Å². The summed E-state index contributed by atoms with van der Waals surface area (Å²) >= 11 is 5.85. The molecule has 2 aromatic heterocycles. The van der Waals surface area contributed by atoms with Gasteiger partial charge in [-0.05, 0) is 91.6 Å². The van der Waals surface area contributed by atoms with Gasteiger partial charge in [-0.3, -0.25) is 4.98 Å². The number of thiocarbonyl (C=S) groups is 1. The molecular weight excluding hydrogens is 505 g/mol. The number of alkyl halides is 3. The first kappa shape index (κ1) is 26.0. The fourth-order valence-corrected chi connectivity index (χ4v) is 5.62. The molecule has 5 rings (SSSR count). The monoisotopic (exact) mass is 534 g/mol. The van der Waals surface area contributed by atoms with Gasteiger partial charge in [0.25, 0.3) is 0 Å². The molecule has 2 aromatic carbocycles. The van der Waals surface area contributed by atoms with Gasteiger partial charge in [-0.25, -0.2) is 0 Å². The van der Waals surface area contributed by atoms with E-state index < -0.39 is 11.7 Å². The van der Waals surface area contributed by atoms with E-state index in [9.17, 15) is 13.2 Å². The van der Waals surface area contributed by atoms with E-state index in [1.807, 2.05) is 42.7 Å². The third kappa shape index (κ3) is 4.69. The lowest BCUT2D eigenvalue weighted by Crippen LogP contribution is -2.29. The second-order valence-electron chi connectivity index (χ2n) is 9.95. The van der Waals surface area contributed by atoms with Gasteiger partial charge < -0.3 is 14.8 Å². The Morgan fingerprint density at radius 1 is 0.921 bits per heavy atom. The van der Waals surface area contributed by atoms with Crippen molar-refractivity contribution in [3.8, 4) is 5.69 Å². The van der Waals surface area contributed by atoms with Gasteiger partial charge in [-0.15, -0.1) is 0 Å². The number of halogens is 3. The van der Waals surface area contributed by atoms with E-state index in [1.54, 1.807) is 12.3 Å². The Labute approximate surface area is 226 Å². The van der Waals surface area contributed by atoms with Crippen LogP contribution in [0.2, 0.25) is 0 Å². The number of rotatable bonds is 5. The van der Waals surface area contributed by atoms with Crippen molar-refractivity contribution in [3.05, 3.63) is 113 Å². The van der Waals surface area contributed by atoms with Crippen LogP contribution in [0.25, 0.3) is 5.69 Å². The molecule has 1 N–H and O–H groups in total. The normalized spacial score (nSPS) is 17.8. The maximum absolute atomic E-state index is 13.5. The maximum atomic E-state index is 13.5. The van der Waals surface area contributed by atoms with Crippen LogP contribution in [0.1, 0.15) is 65.6 Å². The predicted octanol–water partition coefficient (Wildman–Crippen LogP) is 7.81. The summed E-state index contributed by atoms with van der Waals surface area (Å²) < 4.78 is 42.3. The van der Waals surface area contributed by atoms with Gasteiger partial charge in [0.2, 0.25) is 0 Å². The zero-order valence-corrected chi connectivity index (χ0v) is 22.4. The third-order valence-electron chi connectivity index (χ3n) is 7.16. The van der Waals surface area contributed by atoms with Gasteiger partial charge in [0.05, 0.1) is 23.3 Å². The van der Waals surface area contributed by atoms with Crippen molar-refractivity contribution in [2.24, 2.45) is 0 Å². The molecule has 1 aliphatic rings. The summed E-state index contributed by atoms with van der Waals surface area (Å²) in [6.07, 6.45) is -2.67. The van der Waals surface area contributed by atoms with E-state index in [1.165, 1.54) is 17.7 Å². The average molecular weight is 535 g/mol. The summed E-state index contributed by atoms with van der Waals surface area (Å²) in [5.74, 6) is 0.399. The fraction of sp³-hybridized carbons (Fsp3) is 0.267. The summed E-state index contributed by atoms with van der Waals surface area (Å²) in [5.41, 5.74) is 5.46. The molecule has 1 aliphatic heterocycles. The molecule has 4 nitrogen and oxygen atoms in total. The Balaban J connectivity index is 1.65. The summed E-state index contributed by atoms with van der Waals surface area (Å²) in [6.45, 7) is 8.16. The van der Waals surface area contributed by atoms with Crippen molar-refractivity contribution < 1.29 is 13.2 Å². The van der Waals surface area contributed by atoms with Crippen molar-refractivity contribution in [1.82, 2.24) is 14.9 Å². The number of hydrogen-bond acceptors (Lipinski definition) is 2. The molecule has 8 heteroatoms. The van der Waals surface area contributed by atoms with Crippen molar-refractivity contribution >= 4 is 23.0 Å². The molecule has 0 radical (unpaired) electrons. The highest BCUT2D eigenvalue weighted by Gasteiger charge is 2.42. The van der Waals surface area contributed by atoms with Crippen LogP contribution in [0.4, 0.5) is 18.9 Å². The summed E-state index contributed by atoms with van der Waals surface area (Å²) in [4.78, 5) is 6.71. The van der Waals surface area contributed by atoms with Crippen molar-refractivity contribution in [3.63, 3.8) is 0 Å². The van der Waals surface area contributed by atoms with Gasteiger partial charge in [0.15, 0.2) is 5.11 Å². The van der Waals surface area contributed by atoms with Gasteiger partial charge in [0.1, 0.15) is 0 Å². The molecule has 1 fully saturated rings. The Hall–Kier alpha value is -3.65. The molecule has 0 unspecified atom stereocenters. The lowest BCUT2D eigenvalue weighted by atomic mass is 9.96. The molecule has 4 aromatic rings. The third-order valence-corrected chi connectivity index (χ3v) is 7.47. The summed E-state index contributed by atoms with van der Waals surface area (Å²) in [6, 6.07) is 21.1. The predicted molar refractivity (Wildman–Crippen MR) is 149 cm³/mol. The first-order valence-electron chi connectivity index (χ1n) is 12.5. The molecule has 0 saturated carbocycles. The topological polar surface area (TPSA) is 33.1 Å². The van der Waals surface area contributed by atoms with Gasteiger partial charge >= 0.3 is 6.18 Å². The smallest absolute Gasteiger partial charge is 0.351 e. The van der Waals surface area contributed by atoms with E-state index in [2.05, 4.69) is 53.3 Å². The lowest BCUT2D eigenvalue weighted by molar-refractivity contribution is -0.137. The minimum Gasteiger partial charge on any atom is -0.351 e. The van der Waals surface area contributed by atoms with Crippen LogP contribution in [-0.4, -0.2) is 14.7 Å². The Kier molecular flexibility index (Phi) is 6.77. The molecule has 1 saturated heterocycles. The Morgan fingerprint density at radius 3 is 2.29 bits per heavy atom. The second-order valence-corrected chi connectivity index (χ2v) is 10.3. The number of benzene rings is 2. The fourth-order valence-electron chi connectivity index (χ4n) is 5.27. The average Bonchev–Trinajstić information content (AvgIpc) is 3.39. The largest absolute Gasteiger partial charge is 0.416 e. The number of aromatic nitrogens is 2.